The van der Waals surface area contributed by atoms with Crippen LogP contribution >= 0.6 is 0 Å². The van der Waals surface area contributed by atoms with Crippen molar-refractivity contribution in [3.05, 3.63) is 29.3 Å². The second-order valence-electron chi connectivity index (χ2n) is 4.41. The minimum Gasteiger partial charge on any atom is -0.399 e. The molecule has 90 valence electrons. The Morgan fingerprint density at radius 3 is 2.31 bits per heavy atom. The maximum absolute atomic E-state index is 5.93. The number of nitrogens with zero attached hydrogens (tertiary/aromatic N) is 1. The van der Waals surface area contributed by atoms with Crippen LogP contribution in [0.4, 0.5) is 5.69 Å². The molecule has 0 aliphatic heterocycles. The smallest absolute Gasteiger partial charge is 0.0346 e. The Morgan fingerprint density at radius 1 is 1.12 bits per heavy atom. The molecule has 2 N–H and O–H groups in total. The maximum Gasteiger partial charge on any atom is 0.0346 e. The molecule has 0 aromatic heterocycles. The topological polar surface area (TPSA) is 29.3 Å². The lowest BCUT2D eigenvalue weighted by Gasteiger charge is -2.22. The van der Waals surface area contributed by atoms with Gasteiger partial charge in [0, 0.05) is 12.2 Å². The summed E-state index contributed by atoms with van der Waals surface area (Å²) in [5.74, 6) is 0. The number of hydrogen-bond acceptors (Lipinski definition) is 2. The monoisotopic (exact) mass is 220 g/mol. The number of anilines is 1. The Hall–Kier alpha value is -1.02. The highest BCUT2D eigenvalue weighted by atomic mass is 15.1. The Balaban J connectivity index is 2.72. The van der Waals surface area contributed by atoms with E-state index in [0.29, 0.717) is 0 Å². The van der Waals surface area contributed by atoms with Gasteiger partial charge in [-0.15, -0.1) is 0 Å². The Labute approximate surface area is 99.5 Å². The summed E-state index contributed by atoms with van der Waals surface area (Å²) < 4.78 is 0. The Morgan fingerprint density at radius 2 is 1.75 bits per heavy atom. The van der Waals surface area contributed by atoms with Crippen LogP contribution in [-0.2, 0) is 6.54 Å². The van der Waals surface area contributed by atoms with E-state index in [2.05, 4.69) is 31.7 Å². The molecule has 0 aliphatic carbocycles. The van der Waals surface area contributed by atoms with Crippen LogP contribution in [0.3, 0.4) is 0 Å². The molecule has 0 amide bonds. The van der Waals surface area contributed by atoms with Crippen molar-refractivity contribution in [2.45, 2.75) is 40.2 Å². The maximum atomic E-state index is 5.93. The first-order chi connectivity index (χ1) is 7.69. The minimum absolute atomic E-state index is 0.908. The van der Waals surface area contributed by atoms with Gasteiger partial charge in [0.15, 0.2) is 0 Å². The van der Waals surface area contributed by atoms with Gasteiger partial charge in [0.25, 0.3) is 0 Å². The number of nitrogens with two attached hydrogens (primary N) is 1. The van der Waals surface area contributed by atoms with Gasteiger partial charge in [-0.1, -0.05) is 26.0 Å². The van der Waals surface area contributed by atoms with Gasteiger partial charge in [0.2, 0.25) is 0 Å². The molecule has 1 aromatic carbocycles. The largest absolute Gasteiger partial charge is 0.399 e. The van der Waals surface area contributed by atoms with Crippen LogP contribution in [0.15, 0.2) is 18.2 Å². The van der Waals surface area contributed by atoms with E-state index in [1.807, 2.05) is 12.1 Å². The van der Waals surface area contributed by atoms with Crippen LogP contribution < -0.4 is 5.73 Å². The van der Waals surface area contributed by atoms with E-state index in [0.717, 1.165) is 12.2 Å². The SMILES string of the molecule is CCCN(CCC)Cc1cccc(N)c1C. The fourth-order valence-corrected chi connectivity index (χ4v) is 2.02. The van der Waals surface area contributed by atoms with Crippen molar-refractivity contribution >= 4 is 5.69 Å². The molecule has 0 radical (unpaired) electrons. The van der Waals surface area contributed by atoms with E-state index in [4.69, 9.17) is 5.73 Å². The van der Waals surface area contributed by atoms with Gasteiger partial charge < -0.3 is 5.73 Å². The van der Waals surface area contributed by atoms with Gasteiger partial charge in [0.1, 0.15) is 0 Å². The van der Waals surface area contributed by atoms with Crippen LogP contribution in [0.25, 0.3) is 0 Å². The first-order valence-corrected chi connectivity index (χ1v) is 6.25. The standard InChI is InChI=1S/C14H24N2/c1-4-9-16(10-5-2)11-13-7-6-8-14(15)12(13)3/h6-8H,4-5,9-11,15H2,1-3H3. The third-order valence-corrected chi connectivity index (χ3v) is 2.96. The van der Waals surface area contributed by atoms with Crippen LogP contribution in [0.5, 0.6) is 0 Å². The van der Waals surface area contributed by atoms with Crippen LogP contribution in [0.2, 0.25) is 0 Å². The molecule has 0 saturated carbocycles. The van der Waals surface area contributed by atoms with Gasteiger partial charge >= 0.3 is 0 Å². The molecule has 16 heavy (non-hydrogen) atoms. The van der Waals surface area contributed by atoms with Crippen LogP contribution in [0, 0.1) is 6.92 Å². The molecular weight excluding hydrogens is 196 g/mol. The fourth-order valence-electron chi connectivity index (χ4n) is 2.02. The van der Waals surface area contributed by atoms with Crippen molar-refractivity contribution in [1.29, 1.82) is 0 Å². The van der Waals surface area contributed by atoms with Crippen molar-refractivity contribution in [2.24, 2.45) is 0 Å². The molecule has 0 heterocycles. The molecule has 0 saturated heterocycles. The van der Waals surface area contributed by atoms with E-state index in [9.17, 15) is 0 Å². The number of nitrogen functional groups attached to an aromatic ring is 1. The highest BCUT2D eigenvalue weighted by molar-refractivity contribution is 5.49. The average Bonchev–Trinajstić information content (AvgIpc) is 2.25. The van der Waals surface area contributed by atoms with Crippen molar-refractivity contribution in [2.75, 3.05) is 18.8 Å². The van der Waals surface area contributed by atoms with Crippen molar-refractivity contribution in [3.63, 3.8) is 0 Å². The third-order valence-electron chi connectivity index (χ3n) is 2.96. The minimum atomic E-state index is 0.908. The third kappa shape index (κ3) is 3.53. The second-order valence-corrected chi connectivity index (χ2v) is 4.41. The van der Waals surface area contributed by atoms with Gasteiger partial charge in [-0.3, -0.25) is 4.90 Å². The number of hydrogen-bond donors (Lipinski definition) is 1. The first kappa shape index (κ1) is 13.0. The summed E-state index contributed by atoms with van der Waals surface area (Å²) in [6.45, 7) is 9.94. The summed E-state index contributed by atoms with van der Waals surface area (Å²) in [6, 6.07) is 6.21. The summed E-state index contributed by atoms with van der Waals surface area (Å²) in [4.78, 5) is 2.50. The molecule has 0 fully saturated rings. The highest BCUT2D eigenvalue weighted by Gasteiger charge is 2.07. The van der Waals surface area contributed by atoms with Gasteiger partial charge in [0.05, 0.1) is 0 Å². The predicted molar refractivity (Wildman–Crippen MR) is 71.5 cm³/mol. The quantitative estimate of drug-likeness (QED) is 0.746. The molecule has 0 unspecified atom stereocenters. The van der Waals surface area contributed by atoms with E-state index in [1.54, 1.807) is 0 Å². The summed E-state index contributed by atoms with van der Waals surface area (Å²) >= 11 is 0. The zero-order valence-electron chi connectivity index (χ0n) is 10.8. The van der Waals surface area contributed by atoms with Crippen molar-refractivity contribution in [3.8, 4) is 0 Å². The van der Waals surface area contributed by atoms with Crippen LogP contribution in [0.1, 0.15) is 37.8 Å². The van der Waals surface area contributed by atoms with Gasteiger partial charge in [-0.05, 0) is 50.0 Å². The van der Waals surface area contributed by atoms with Gasteiger partial charge in [-0.2, -0.15) is 0 Å². The van der Waals surface area contributed by atoms with E-state index >= 15 is 0 Å². The molecule has 0 aliphatic rings. The van der Waals surface area contributed by atoms with E-state index in [-0.39, 0.29) is 0 Å². The zero-order chi connectivity index (χ0) is 12.0. The van der Waals surface area contributed by atoms with Crippen molar-refractivity contribution in [1.82, 2.24) is 4.90 Å². The van der Waals surface area contributed by atoms with Crippen molar-refractivity contribution < 1.29 is 0 Å². The Bertz CT molecular complexity index is 315. The average molecular weight is 220 g/mol. The molecule has 0 atom stereocenters. The lowest BCUT2D eigenvalue weighted by Crippen LogP contribution is -2.25. The molecule has 2 nitrogen and oxygen atoms in total. The second kappa shape index (κ2) is 6.54. The number of benzene rings is 1. The summed E-state index contributed by atoms with van der Waals surface area (Å²) in [5.41, 5.74) is 9.43. The lowest BCUT2D eigenvalue weighted by molar-refractivity contribution is 0.266. The zero-order valence-corrected chi connectivity index (χ0v) is 10.8. The molecule has 2 heteroatoms. The molecule has 1 rings (SSSR count). The normalized spacial score (nSPS) is 11.0. The van der Waals surface area contributed by atoms with Gasteiger partial charge in [-0.25, -0.2) is 0 Å². The number of rotatable bonds is 6. The van der Waals surface area contributed by atoms with E-state index < -0.39 is 0 Å². The molecule has 1 aromatic rings. The molecular formula is C14H24N2. The highest BCUT2D eigenvalue weighted by Crippen LogP contribution is 2.17. The summed E-state index contributed by atoms with van der Waals surface area (Å²) in [5, 5.41) is 0. The van der Waals surface area contributed by atoms with E-state index in [1.165, 1.54) is 37.1 Å². The summed E-state index contributed by atoms with van der Waals surface area (Å²) in [6.07, 6.45) is 2.42. The molecule has 0 bridgehead atoms. The lowest BCUT2D eigenvalue weighted by atomic mass is 10.1. The summed E-state index contributed by atoms with van der Waals surface area (Å²) in [7, 11) is 0. The first-order valence-electron chi connectivity index (χ1n) is 6.25. The Kier molecular flexibility index (Phi) is 5.33. The van der Waals surface area contributed by atoms with Crippen LogP contribution in [-0.4, -0.2) is 18.0 Å². The fraction of sp³-hybridized carbons (Fsp3) is 0.571. The molecule has 0 spiro atoms. The predicted octanol–water partition coefficient (Wildman–Crippen LogP) is 3.20.